The number of methoxy groups -OCH3 is 1. The maximum absolute atomic E-state index is 13.6. The molecule has 3 rings (SSSR count). The van der Waals surface area contributed by atoms with E-state index in [1.165, 1.54) is 19.2 Å². The molecule has 0 radical (unpaired) electrons. The van der Waals surface area contributed by atoms with E-state index in [0.29, 0.717) is 11.5 Å². The van der Waals surface area contributed by atoms with Gasteiger partial charge in [0.15, 0.2) is 18.2 Å². The van der Waals surface area contributed by atoms with Gasteiger partial charge in [-0.3, -0.25) is 4.79 Å². The molecule has 1 aromatic heterocycles. The van der Waals surface area contributed by atoms with Crippen LogP contribution >= 0.6 is 0 Å². The highest BCUT2D eigenvalue weighted by molar-refractivity contribution is 5.72. The molecular formula is C19H17FN2O4. The molecule has 0 spiro atoms. The summed E-state index contributed by atoms with van der Waals surface area (Å²) < 4.78 is 29.1. The molecule has 0 fully saturated rings. The second-order valence-corrected chi connectivity index (χ2v) is 5.68. The molecule has 0 amide bonds. The normalized spacial score (nSPS) is 10.6. The highest BCUT2D eigenvalue weighted by atomic mass is 19.1. The zero-order chi connectivity index (χ0) is 18.5. The Bertz CT molecular complexity index is 923. The molecule has 1 heterocycles. The van der Waals surface area contributed by atoms with Gasteiger partial charge in [-0.2, -0.15) is 0 Å². The average Bonchev–Trinajstić information content (AvgIpc) is 3.09. The Labute approximate surface area is 149 Å². The summed E-state index contributed by atoms with van der Waals surface area (Å²) in [6, 6.07) is 11.9. The lowest BCUT2D eigenvalue weighted by atomic mass is 10.1. The minimum absolute atomic E-state index is 0.0697. The second-order valence-electron chi connectivity index (χ2n) is 5.68. The number of carbonyl (C=O) groups excluding carboxylic acids is 1. The van der Waals surface area contributed by atoms with Crippen LogP contribution in [0.15, 0.2) is 46.9 Å². The number of carbonyl (C=O) groups is 1. The van der Waals surface area contributed by atoms with Gasteiger partial charge in [-0.25, -0.2) is 4.39 Å². The zero-order valence-electron chi connectivity index (χ0n) is 14.4. The molecule has 0 aliphatic rings. The van der Waals surface area contributed by atoms with Crippen molar-refractivity contribution in [3.05, 3.63) is 65.3 Å². The zero-order valence-corrected chi connectivity index (χ0v) is 14.4. The quantitative estimate of drug-likeness (QED) is 0.630. The molecule has 26 heavy (non-hydrogen) atoms. The predicted molar refractivity (Wildman–Crippen MR) is 90.9 cm³/mol. The van der Waals surface area contributed by atoms with Gasteiger partial charge >= 0.3 is 5.97 Å². The van der Waals surface area contributed by atoms with E-state index in [4.69, 9.17) is 13.9 Å². The Morgan fingerprint density at radius 3 is 2.77 bits per heavy atom. The summed E-state index contributed by atoms with van der Waals surface area (Å²) in [6.07, 6.45) is -0.0697. The number of hydrogen-bond donors (Lipinski definition) is 0. The number of benzene rings is 2. The van der Waals surface area contributed by atoms with E-state index in [-0.39, 0.29) is 24.7 Å². The first-order chi connectivity index (χ1) is 12.5. The summed E-state index contributed by atoms with van der Waals surface area (Å²) in [7, 11) is 1.38. The van der Waals surface area contributed by atoms with Crippen molar-refractivity contribution in [2.24, 2.45) is 0 Å². The summed E-state index contributed by atoms with van der Waals surface area (Å²) in [5.74, 6) is -0.383. The van der Waals surface area contributed by atoms with Gasteiger partial charge in [0.05, 0.1) is 13.5 Å². The lowest BCUT2D eigenvalue weighted by Crippen LogP contribution is -2.08. The van der Waals surface area contributed by atoms with Crippen molar-refractivity contribution in [3.8, 4) is 17.2 Å². The molecule has 7 heteroatoms. The van der Waals surface area contributed by atoms with Gasteiger partial charge in [0.2, 0.25) is 5.89 Å². The van der Waals surface area contributed by atoms with E-state index in [9.17, 15) is 9.18 Å². The van der Waals surface area contributed by atoms with Crippen LogP contribution in [0.1, 0.15) is 17.0 Å². The van der Waals surface area contributed by atoms with E-state index in [0.717, 1.165) is 11.1 Å². The van der Waals surface area contributed by atoms with Crippen molar-refractivity contribution in [3.63, 3.8) is 0 Å². The van der Waals surface area contributed by atoms with Crippen molar-refractivity contribution in [2.45, 2.75) is 20.0 Å². The van der Waals surface area contributed by atoms with Crippen LogP contribution in [-0.4, -0.2) is 23.3 Å². The monoisotopic (exact) mass is 356 g/mol. The summed E-state index contributed by atoms with van der Waals surface area (Å²) in [5.41, 5.74) is 2.35. The van der Waals surface area contributed by atoms with Crippen molar-refractivity contribution < 1.29 is 23.1 Å². The van der Waals surface area contributed by atoms with E-state index in [1.807, 2.05) is 31.2 Å². The first-order valence-electron chi connectivity index (χ1n) is 7.92. The Morgan fingerprint density at radius 2 is 2.04 bits per heavy atom. The molecule has 0 aliphatic carbocycles. The van der Waals surface area contributed by atoms with Crippen molar-refractivity contribution >= 4 is 5.97 Å². The van der Waals surface area contributed by atoms with Crippen molar-refractivity contribution in [1.82, 2.24) is 10.2 Å². The van der Waals surface area contributed by atoms with Crippen LogP contribution in [0.5, 0.6) is 5.75 Å². The van der Waals surface area contributed by atoms with E-state index >= 15 is 0 Å². The smallest absolute Gasteiger partial charge is 0.310 e. The molecule has 134 valence electrons. The molecule has 0 bridgehead atoms. The predicted octanol–water partition coefficient (Wildman–Crippen LogP) is 3.48. The molecule has 0 unspecified atom stereocenters. The van der Waals surface area contributed by atoms with Gasteiger partial charge < -0.3 is 13.9 Å². The van der Waals surface area contributed by atoms with Crippen LogP contribution < -0.4 is 4.74 Å². The topological polar surface area (TPSA) is 74.5 Å². The fourth-order valence-corrected chi connectivity index (χ4v) is 2.39. The first-order valence-corrected chi connectivity index (χ1v) is 7.92. The molecule has 0 aliphatic heterocycles. The third-order valence-corrected chi connectivity index (χ3v) is 3.65. The first kappa shape index (κ1) is 17.6. The number of aryl methyl sites for hydroxylation is 1. The third-order valence-electron chi connectivity index (χ3n) is 3.65. The number of ether oxygens (including phenoxy) is 2. The number of nitrogens with zero attached hydrogens (tertiary/aromatic N) is 2. The minimum atomic E-state index is -0.530. The molecule has 0 saturated carbocycles. The second kappa shape index (κ2) is 7.77. The number of halogens is 1. The Hall–Kier alpha value is -3.22. The van der Waals surface area contributed by atoms with Gasteiger partial charge in [0, 0.05) is 5.56 Å². The van der Waals surface area contributed by atoms with Gasteiger partial charge in [-0.15, -0.1) is 10.2 Å². The SMILES string of the molecule is COc1ccc(CC(=O)OCc2nnc(-c3cccc(C)c3)o2)cc1F. The maximum atomic E-state index is 13.6. The molecule has 6 nitrogen and oxygen atoms in total. The Balaban J connectivity index is 1.57. The van der Waals surface area contributed by atoms with Crippen molar-refractivity contribution in [1.29, 1.82) is 0 Å². The summed E-state index contributed by atoms with van der Waals surface area (Å²) in [6.45, 7) is 1.82. The number of rotatable bonds is 6. The third kappa shape index (κ3) is 4.24. The number of hydrogen-bond acceptors (Lipinski definition) is 6. The molecule has 0 atom stereocenters. The van der Waals surface area contributed by atoms with E-state index in [1.54, 1.807) is 6.07 Å². The largest absolute Gasteiger partial charge is 0.494 e. The van der Waals surface area contributed by atoms with Gasteiger partial charge in [-0.1, -0.05) is 23.8 Å². The van der Waals surface area contributed by atoms with Crippen LogP contribution in [0.2, 0.25) is 0 Å². The Morgan fingerprint density at radius 1 is 1.19 bits per heavy atom. The molecule has 2 aromatic carbocycles. The standard InChI is InChI=1S/C19H17FN2O4/c1-12-4-3-5-14(8-12)19-22-21-17(26-19)11-25-18(23)10-13-6-7-16(24-2)15(20)9-13/h3-9H,10-11H2,1-2H3. The Kier molecular flexibility index (Phi) is 5.26. The highest BCUT2D eigenvalue weighted by Crippen LogP contribution is 2.20. The van der Waals surface area contributed by atoms with Gasteiger partial charge in [-0.05, 0) is 36.8 Å². The summed E-state index contributed by atoms with van der Waals surface area (Å²) >= 11 is 0. The maximum Gasteiger partial charge on any atom is 0.310 e. The molecule has 3 aromatic rings. The van der Waals surface area contributed by atoms with Crippen LogP contribution in [0, 0.1) is 12.7 Å². The lowest BCUT2D eigenvalue weighted by molar-refractivity contribution is -0.144. The summed E-state index contributed by atoms with van der Waals surface area (Å²) in [4.78, 5) is 11.9. The van der Waals surface area contributed by atoms with Crippen LogP contribution in [-0.2, 0) is 22.6 Å². The highest BCUT2D eigenvalue weighted by Gasteiger charge is 2.13. The lowest BCUT2D eigenvalue weighted by Gasteiger charge is -2.05. The van der Waals surface area contributed by atoms with E-state index < -0.39 is 11.8 Å². The number of aromatic nitrogens is 2. The molecular weight excluding hydrogens is 339 g/mol. The number of esters is 1. The minimum Gasteiger partial charge on any atom is -0.494 e. The van der Waals surface area contributed by atoms with Crippen LogP contribution in [0.4, 0.5) is 4.39 Å². The molecule has 0 N–H and O–H groups in total. The van der Waals surface area contributed by atoms with E-state index in [2.05, 4.69) is 10.2 Å². The van der Waals surface area contributed by atoms with Crippen LogP contribution in [0.3, 0.4) is 0 Å². The van der Waals surface area contributed by atoms with Gasteiger partial charge in [0.25, 0.3) is 5.89 Å². The fraction of sp³-hybridized carbons (Fsp3) is 0.211. The summed E-state index contributed by atoms with van der Waals surface area (Å²) in [5, 5.41) is 7.82. The van der Waals surface area contributed by atoms with Crippen molar-refractivity contribution in [2.75, 3.05) is 7.11 Å². The van der Waals surface area contributed by atoms with Gasteiger partial charge in [0.1, 0.15) is 0 Å². The molecule has 0 saturated heterocycles. The van der Waals surface area contributed by atoms with Crippen LogP contribution in [0.25, 0.3) is 11.5 Å². The fourth-order valence-electron chi connectivity index (χ4n) is 2.39. The average molecular weight is 356 g/mol.